The third kappa shape index (κ3) is 3.07. The molecule has 2 aromatic carbocycles. The number of rotatable bonds is 4. The molecule has 7 heteroatoms. The van der Waals surface area contributed by atoms with Gasteiger partial charge in [-0.1, -0.05) is 42.5 Å². The minimum absolute atomic E-state index is 0.419. The lowest BCUT2D eigenvalue weighted by Crippen LogP contribution is -2.02. The molecule has 0 heterocycles. The van der Waals surface area contributed by atoms with Gasteiger partial charge in [0.15, 0.2) is 4.90 Å². The molecule has 20 heavy (non-hydrogen) atoms. The summed E-state index contributed by atoms with van der Waals surface area (Å²) in [6.07, 6.45) is 1.16. The summed E-state index contributed by atoms with van der Waals surface area (Å²) in [4.78, 5) is 9.67. The van der Waals surface area contributed by atoms with Gasteiger partial charge in [-0.3, -0.25) is 10.1 Å². The number of sulfonamides is 1. The van der Waals surface area contributed by atoms with Gasteiger partial charge in [-0.15, -0.1) is 0 Å². The minimum Gasteiger partial charge on any atom is -0.258 e. The number of benzene rings is 2. The van der Waals surface area contributed by atoms with E-state index in [1.54, 1.807) is 30.3 Å². The molecule has 6 nitrogen and oxygen atoms in total. The Morgan fingerprint density at radius 3 is 2.25 bits per heavy atom. The maximum Gasteiger partial charge on any atom is 0.289 e. The molecule has 102 valence electrons. The lowest BCUT2D eigenvalue weighted by Gasteiger charge is -2.00. The molecule has 0 aliphatic rings. The van der Waals surface area contributed by atoms with E-state index in [4.69, 9.17) is 0 Å². The summed E-state index contributed by atoms with van der Waals surface area (Å²) >= 11 is 0. The van der Waals surface area contributed by atoms with Crippen molar-refractivity contribution in [2.45, 2.75) is 4.90 Å². The summed E-state index contributed by atoms with van der Waals surface area (Å²) in [5.74, 6) is 0. The summed E-state index contributed by atoms with van der Waals surface area (Å²) in [7, 11) is -4.11. The maximum absolute atomic E-state index is 12.0. The lowest BCUT2D eigenvalue weighted by atomic mass is 10.2. The average Bonchev–Trinajstić information content (AvgIpc) is 2.46. The molecular weight excluding hydrogens is 280 g/mol. The molecule has 0 fully saturated rings. The smallest absolute Gasteiger partial charge is 0.258 e. The Kier molecular flexibility index (Phi) is 3.90. The van der Waals surface area contributed by atoms with Crippen LogP contribution in [0.5, 0.6) is 0 Å². The van der Waals surface area contributed by atoms with E-state index in [-0.39, 0.29) is 0 Å². The standard InChI is InChI=1S/C13H10N2O4S/c16-15(17)12-8-4-5-9-13(12)20(18,19)14-10-11-6-2-1-3-7-11/h1-10H. The van der Waals surface area contributed by atoms with Gasteiger partial charge in [-0.25, -0.2) is 0 Å². The second-order valence-corrected chi connectivity index (χ2v) is 5.45. The van der Waals surface area contributed by atoms with Crippen molar-refractivity contribution in [2.24, 2.45) is 4.40 Å². The second-order valence-electron chi connectivity index (χ2n) is 3.85. The van der Waals surface area contributed by atoms with E-state index < -0.39 is 25.5 Å². The highest BCUT2D eigenvalue weighted by atomic mass is 32.2. The fraction of sp³-hybridized carbons (Fsp3) is 0. The van der Waals surface area contributed by atoms with Crippen LogP contribution in [0.15, 0.2) is 63.9 Å². The predicted molar refractivity (Wildman–Crippen MR) is 74.3 cm³/mol. The predicted octanol–water partition coefficient (Wildman–Crippen LogP) is 2.40. The SMILES string of the molecule is O=[N+]([O-])c1ccccc1S(=O)(=O)N=Cc1ccccc1. The zero-order valence-corrected chi connectivity index (χ0v) is 11.0. The number of hydrogen-bond acceptors (Lipinski definition) is 4. The van der Waals surface area contributed by atoms with E-state index in [2.05, 4.69) is 4.40 Å². The van der Waals surface area contributed by atoms with Crippen molar-refractivity contribution in [3.05, 3.63) is 70.3 Å². The van der Waals surface area contributed by atoms with E-state index >= 15 is 0 Å². The molecule has 0 radical (unpaired) electrons. The lowest BCUT2D eigenvalue weighted by molar-refractivity contribution is -0.387. The first kappa shape index (κ1) is 13.9. The van der Waals surface area contributed by atoms with Gasteiger partial charge in [0, 0.05) is 12.3 Å². The first-order valence-corrected chi connectivity index (χ1v) is 7.03. The molecule has 0 aliphatic carbocycles. The third-order valence-electron chi connectivity index (χ3n) is 2.48. The van der Waals surface area contributed by atoms with Crippen LogP contribution in [0.1, 0.15) is 5.56 Å². The van der Waals surface area contributed by atoms with Gasteiger partial charge in [-0.05, 0) is 11.6 Å². The average molecular weight is 290 g/mol. The number of nitro groups is 1. The van der Waals surface area contributed by atoms with Crippen LogP contribution in [-0.4, -0.2) is 19.6 Å². The van der Waals surface area contributed by atoms with E-state index in [1.165, 1.54) is 12.1 Å². The van der Waals surface area contributed by atoms with Crippen LogP contribution in [0.4, 0.5) is 5.69 Å². The Morgan fingerprint density at radius 2 is 1.60 bits per heavy atom. The zero-order valence-electron chi connectivity index (χ0n) is 10.2. The van der Waals surface area contributed by atoms with Crippen molar-refractivity contribution in [1.29, 1.82) is 0 Å². The largest absolute Gasteiger partial charge is 0.289 e. The second kappa shape index (κ2) is 5.62. The molecule has 0 aliphatic heterocycles. The maximum atomic E-state index is 12.0. The summed E-state index contributed by atoms with van der Waals surface area (Å²) in [5, 5.41) is 10.8. The van der Waals surface area contributed by atoms with Crippen LogP contribution in [0.2, 0.25) is 0 Å². The van der Waals surface area contributed by atoms with E-state index in [0.29, 0.717) is 5.56 Å². The Balaban J connectivity index is 2.42. The molecule has 2 rings (SSSR count). The van der Waals surface area contributed by atoms with Gasteiger partial charge >= 0.3 is 0 Å². The number of nitro benzene ring substituents is 1. The van der Waals surface area contributed by atoms with Gasteiger partial charge in [-0.2, -0.15) is 12.8 Å². The number of para-hydroxylation sites is 1. The Morgan fingerprint density at radius 1 is 1.00 bits per heavy atom. The molecule has 0 aromatic heterocycles. The van der Waals surface area contributed by atoms with Crippen molar-refractivity contribution in [2.75, 3.05) is 0 Å². The molecule has 0 spiro atoms. The van der Waals surface area contributed by atoms with E-state index in [1.807, 2.05) is 0 Å². The Hall–Kier alpha value is -2.54. The molecule has 0 unspecified atom stereocenters. The first-order valence-electron chi connectivity index (χ1n) is 5.59. The minimum atomic E-state index is -4.11. The highest BCUT2D eigenvalue weighted by molar-refractivity contribution is 7.90. The highest BCUT2D eigenvalue weighted by Gasteiger charge is 2.23. The van der Waals surface area contributed by atoms with Gasteiger partial charge in [0.25, 0.3) is 15.7 Å². The zero-order chi connectivity index (χ0) is 14.6. The summed E-state index contributed by atoms with van der Waals surface area (Å²) in [6, 6.07) is 13.7. The fourth-order valence-electron chi connectivity index (χ4n) is 1.55. The molecule has 0 saturated carbocycles. The first-order chi connectivity index (χ1) is 9.50. The van der Waals surface area contributed by atoms with Crippen LogP contribution in [-0.2, 0) is 10.0 Å². The molecular formula is C13H10N2O4S. The third-order valence-corrected chi connectivity index (χ3v) is 3.76. The van der Waals surface area contributed by atoms with Gasteiger partial charge in [0.05, 0.1) is 4.92 Å². The van der Waals surface area contributed by atoms with Crippen molar-refractivity contribution >= 4 is 21.9 Å². The van der Waals surface area contributed by atoms with Crippen molar-refractivity contribution in [1.82, 2.24) is 0 Å². The molecule has 0 atom stereocenters. The number of nitrogens with zero attached hydrogens (tertiary/aromatic N) is 2. The van der Waals surface area contributed by atoms with Crippen molar-refractivity contribution in [3.63, 3.8) is 0 Å². The van der Waals surface area contributed by atoms with Crippen molar-refractivity contribution in [3.8, 4) is 0 Å². The summed E-state index contributed by atoms with van der Waals surface area (Å²) in [6.45, 7) is 0. The molecule has 0 N–H and O–H groups in total. The normalized spacial score (nSPS) is 11.6. The van der Waals surface area contributed by atoms with Crippen LogP contribution in [0.25, 0.3) is 0 Å². The highest BCUT2D eigenvalue weighted by Crippen LogP contribution is 2.24. The van der Waals surface area contributed by atoms with Gasteiger partial charge in [0.1, 0.15) is 0 Å². The summed E-state index contributed by atoms with van der Waals surface area (Å²) < 4.78 is 27.5. The Bertz CT molecular complexity index is 755. The van der Waals surface area contributed by atoms with Crippen molar-refractivity contribution < 1.29 is 13.3 Å². The van der Waals surface area contributed by atoms with Crippen LogP contribution in [0, 0.1) is 10.1 Å². The van der Waals surface area contributed by atoms with Crippen LogP contribution < -0.4 is 0 Å². The molecule has 0 bridgehead atoms. The summed E-state index contributed by atoms with van der Waals surface area (Å²) in [5.41, 5.74) is 0.104. The molecule has 2 aromatic rings. The van der Waals surface area contributed by atoms with Gasteiger partial charge < -0.3 is 0 Å². The van der Waals surface area contributed by atoms with Crippen LogP contribution >= 0.6 is 0 Å². The van der Waals surface area contributed by atoms with Crippen LogP contribution in [0.3, 0.4) is 0 Å². The Labute approximate surface area is 115 Å². The molecule has 0 saturated heterocycles. The van der Waals surface area contributed by atoms with E-state index in [0.717, 1.165) is 18.3 Å². The monoisotopic (exact) mass is 290 g/mol. The van der Waals surface area contributed by atoms with E-state index in [9.17, 15) is 18.5 Å². The molecule has 0 amide bonds. The topological polar surface area (TPSA) is 89.6 Å². The van der Waals surface area contributed by atoms with Gasteiger partial charge in [0.2, 0.25) is 0 Å². The fourth-order valence-corrected chi connectivity index (χ4v) is 2.58. The number of hydrogen-bond donors (Lipinski definition) is 0. The quantitative estimate of drug-likeness (QED) is 0.491.